The van der Waals surface area contributed by atoms with E-state index in [1.54, 1.807) is 4.90 Å². The summed E-state index contributed by atoms with van der Waals surface area (Å²) in [5.41, 5.74) is 2.19. The summed E-state index contributed by atoms with van der Waals surface area (Å²) in [7, 11) is 0. The first-order valence-electron chi connectivity index (χ1n) is 8.06. The molecule has 2 rings (SSSR count). The van der Waals surface area contributed by atoms with Crippen LogP contribution in [0.1, 0.15) is 30.4 Å². The van der Waals surface area contributed by atoms with E-state index in [9.17, 15) is 9.59 Å². The van der Waals surface area contributed by atoms with Crippen LogP contribution in [0.3, 0.4) is 0 Å². The van der Waals surface area contributed by atoms with Gasteiger partial charge in [0.1, 0.15) is 6.42 Å². The van der Waals surface area contributed by atoms with Crippen molar-refractivity contribution < 1.29 is 9.59 Å². The Balaban J connectivity index is 1.71. The monoisotopic (exact) mass is 313 g/mol. The Morgan fingerprint density at radius 3 is 2.65 bits per heavy atom. The molecule has 1 fully saturated rings. The van der Waals surface area contributed by atoms with Crippen molar-refractivity contribution in [2.24, 2.45) is 5.92 Å². The van der Waals surface area contributed by atoms with E-state index in [1.165, 1.54) is 0 Å². The molecular weight excluding hydrogens is 290 g/mol. The average molecular weight is 313 g/mol. The number of hydrogen-bond acceptors (Lipinski definition) is 3. The number of amides is 2. The number of nitriles is 1. The predicted molar refractivity (Wildman–Crippen MR) is 87.4 cm³/mol. The van der Waals surface area contributed by atoms with Crippen molar-refractivity contribution in [2.75, 3.05) is 19.6 Å². The molecule has 0 unspecified atom stereocenters. The molecular formula is C18H23N3O2. The molecule has 0 aliphatic carbocycles. The lowest BCUT2D eigenvalue weighted by molar-refractivity contribution is -0.131. The molecule has 23 heavy (non-hydrogen) atoms. The van der Waals surface area contributed by atoms with Gasteiger partial charge >= 0.3 is 0 Å². The average Bonchev–Trinajstić information content (AvgIpc) is 2.56. The quantitative estimate of drug-likeness (QED) is 0.901. The van der Waals surface area contributed by atoms with Crippen molar-refractivity contribution in [2.45, 2.75) is 32.6 Å². The van der Waals surface area contributed by atoms with Crippen LogP contribution in [0.2, 0.25) is 0 Å². The third-order valence-corrected chi connectivity index (χ3v) is 4.40. The molecule has 0 aromatic heterocycles. The molecule has 1 aliphatic rings. The van der Waals surface area contributed by atoms with Gasteiger partial charge in [0.15, 0.2) is 0 Å². The number of carbonyl (C=O) groups excluding carboxylic acids is 2. The largest absolute Gasteiger partial charge is 0.356 e. The smallest absolute Gasteiger partial charge is 0.236 e. The fourth-order valence-electron chi connectivity index (χ4n) is 2.87. The number of hydrogen-bond donors (Lipinski definition) is 1. The van der Waals surface area contributed by atoms with E-state index < -0.39 is 0 Å². The van der Waals surface area contributed by atoms with Crippen LogP contribution in [-0.2, 0) is 16.0 Å². The fourth-order valence-corrected chi connectivity index (χ4v) is 2.87. The molecule has 1 aromatic carbocycles. The number of rotatable bonds is 5. The topological polar surface area (TPSA) is 73.2 Å². The zero-order valence-electron chi connectivity index (χ0n) is 13.5. The van der Waals surface area contributed by atoms with Crippen LogP contribution in [0, 0.1) is 24.2 Å². The minimum atomic E-state index is -0.0884. The minimum absolute atomic E-state index is 0.0438. The van der Waals surface area contributed by atoms with Crippen molar-refractivity contribution in [1.29, 1.82) is 5.26 Å². The lowest BCUT2D eigenvalue weighted by Crippen LogP contribution is -2.41. The lowest BCUT2D eigenvalue weighted by Gasteiger charge is -2.31. The summed E-state index contributed by atoms with van der Waals surface area (Å²) in [6.45, 7) is 4.03. The van der Waals surface area contributed by atoms with E-state index in [1.807, 2.05) is 37.3 Å². The van der Waals surface area contributed by atoms with E-state index >= 15 is 0 Å². The van der Waals surface area contributed by atoms with Gasteiger partial charge in [0.25, 0.3) is 0 Å². The molecule has 5 heteroatoms. The van der Waals surface area contributed by atoms with Crippen molar-refractivity contribution in [3.63, 3.8) is 0 Å². The predicted octanol–water partition coefficient (Wildman–Crippen LogP) is 1.81. The number of benzene rings is 1. The normalized spacial score (nSPS) is 15.0. The van der Waals surface area contributed by atoms with Gasteiger partial charge < -0.3 is 10.2 Å². The van der Waals surface area contributed by atoms with Crippen LogP contribution in [0.4, 0.5) is 0 Å². The lowest BCUT2D eigenvalue weighted by atomic mass is 9.96. The van der Waals surface area contributed by atoms with E-state index in [-0.39, 0.29) is 18.2 Å². The highest BCUT2D eigenvalue weighted by Gasteiger charge is 2.22. The molecule has 122 valence electrons. The van der Waals surface area contributed by atoms with Crippen LogP contribution in [0.5, 0.6) is 0 Å². The maximum Gasteiger partial charge on any atom is 0.236 e. The van der Waals surface area contributed by atoms with Crippen LogP contribution in [0.15, 0.2) is 24.3 Å². The van der Waals surface area contributed by atoms with E-state index in [4.69, 9.17) is 5.26 Å². The molecule has 1 N–H and O–H groups in total. The molecule has 0 saturated carbocycles. The van der Waals surface area contributed by atoms with Gasteiger partial charge in [0.05, 0.1) is 12.5 Å². The third kappa shape index (κ3) is 5.10. The van der Waals surface area contributed by atoms with Crippen molar-refractivity contribution >= 4 is 11.8 Å². The van der Waals surface area contributed by atoms with Crippen LogP contribution >= 0.6 is 0 Å². The number of likely N-dealkylation sites (tertiary alicyclic amines) is 1. The third-order valence-electron chi connectivity index (χ3n) is 4.40. The number of nitrogens with zero attached hydrogens (tertiary/aromatic N) is 2. The molecule has 0 bridgehead atoms. The summed E-state index contributed by atoms with van der Waals surface area (Å²) in [5, 5.41) is 11.6. The van der Waals surface area contributed by atoms with Crippen LogP contribution in [0.25, 0.3) is 0 Å². The minimum Gasteiger partial charge on any atom is -0.356 e. The first-order chi connectivity index (χ1) is 11.1. The van der Waals surface area contributed by atoms with E-state index in [2.05, 4.69) is 5.32 Å². The number of aryl methyl sites for hydroxylation is 1. The summed E-state index contributed by atoms with van der Waals surface area (Å²) in [6, 6.07) is 9.80. The zero-order chi connectivity index (χ0) is 16.7. The summed E-state index contributed by atoms with van der Waals surface area (Å²) < 4.78 is 0. The molecule has 1 aliphatic heterocycles. The van der Waals surface area contributed by atoms with Crippen molar-refractivity contribution in [3.05, 3.63) is 35.4 Å². The van der Waals surface area contributed by atoms with E-state index in [0.717, 1.165) is 24.0 Å². The number of carbonyl (C=O) groups is 2. The Hall–Kier alpha value is -2.35. The highest BCUT2D eigenvalue weighted by Crippen LogP contribution is 2.17. The molecule has 5 nitrogen and oxygen atoms in total. The SMILES string of the molecule is Cc1ccccc1CC(=O)NCC1CCN(C(=O)CC#N)CC1. The summed E-state index contributed by atoms with van der Waals surface area (Å²) in [6.07, 6.45) is 2.12. The summed E-state index contributed by atoms with van der Waals surface area (Å²) in [5.74, 6) is 0.360. The maximum absolute atomic E-state index is 12.1. The van der Waals surface area contributed by atoms with Crippen molar-refractivity contribution in [1.82, 2.24) is 10.2 Å². The molecule has 0 radical (unpaired) electrons. The van der Waals surface area contributed by atoms with E-state index in [0.29, 0.717) is 32.0 Å². The van der Waals surface area contributed by atoms with Crippen LogP contribution < -0.4 is 5.32 Å². The standard InChI is InChI=1S/C18H23N3O2/c1-14-4-2-3-5-16(14)12-17(22)20-13-15-7-10-21(11-8-15)18(23)6-9-19/h2-5,15H,6-8,10-13H2,1H3,(H,20,22). The van der Waals surface area contributed by atoms with Gasteiger partial charge in [-0.2, -0.15) is 5.26 Å². The number of piperidine rings is 1. The Morgan fingerprint density at radius 1 is 1.30 bits per heavy atom. The van der Waals surface area contributed by atoms with Gasteiger partial charge in [-0.05, 0) is 36.8 Å². The molecule has 1 aromatic rings. The second-order valence-corrected chi connectivity index (χ2v) is 6.07. The second-order valence-electron chi connectivity index (χ2n) is 6.07. The molecule has 0 spiro atoms. The summed E-state index contributed by atoms with van der Waals surface area (Å²) in [4.78, 5) is 25.4. The fraction of sp³-hybridized carbons (Fsp3) is 0.500. The zero-order valence-corrected chi connectivity index (χ0v) is 13.5. The van der Waals surface area contributed by atoms with Gasteiger partial charge in [-0.1, -0.05) is 24.3 Å². The highest BCUT2D eigenvalue weighted by atomic mass is 16.2. The molecule has 1 saturated heterocycles. The van der Waals surface area contributed by atoms with Crippen LogP contribution in [-0.4, -0.2) is 36.3 Å². The Bertz CT molecular complexity index is 599. The van der Waals surface area contributed by atoms with Gasteiger partial charge in [-0.15, -0.1) is 0 Å². The molecule has 0 atom stereocenters. The van der Waals surface area contributed by atoms with Crippen molar-refractivity contribution in [3.8, 4) is 6.07 Å². The van der Waals surface area contributed by atoms with Gasteiger partial charge in [-0.3, -0.25) is 9.59 Å². The Labute approximate surface area is 137 Å². The summed E-state index contributed by atoms with van der Waals surface area (Å²) >= 11 is 0. The van der Waals surface area contributed by atoms with Gasteiger partial charge in [0, 0.05) is 19.6 Å². The molecule has 2 amide bonds. The maximum atomic E-state index is 12.1. The number of nitrogens with one attached hydrogen (secondary N) is 1. The Kier molecular flexibility index (Phi) is 6.16. The Morgan fingerprint density at radius 2 is 2.00 bits per heavy atom. The first kappa shape index (κ1) is 17.0. The molecule has 1 heterocycles. The van der Waals surface area contributed by atoms with Gasteiger partial charge in [-0.25, -0.2) is 0 Å². The second kappa shape index (κ2) is 8.33. The highest BCUT2D eigenvalue weighted by molar-refractivity contribution is 5.79. The first-order valence-corrected chi connectivity index (χ1v) is 8.06. The van der Waals surface area contributed by atoms with Gasteiger partial charge in [0.2, 0.25) is 11.8 Å².